The van der Waals surface area contributed by atoms with Gasteiger partial charge in [0.05, 0.1) is 11.8 Å². The highest BCUT2D eigenvalue weighted by atomic mass is 35.5. The van der Waals surface area contributed by atoms with Crippen molar-refractivity contribution in [3.05, 3.63) is 40.3 Å². The van der Waals surface area contributed by atoms with E-state index in [1.165, 1.54) is 0 Å². The van der Waals surface area contributed by atoms with Crippen LogP contribution >= 0.6 is 11.6 Å². The Bertz CT molecular complexity index is 610. The number of halogens is 1. The number of aromatic nitrogens is 3. The fourth-order valence-electron chi connectivity index (χ4n) is 2.08. The van der Waals surface area contributed by atoms with Crippen molar-refractivity contribution in [2.75, 3.05) is 0 Å². The van der Waals surface area contributed by atoms with Crippen LogP contribution in [0.3, 0.4) is 0 Å². The van der Waals surface area contributed by atoms with Crippen molar-refractivity contribution in [2.45, 2.75) is 40.0 Å². The lowest BCUT2D eigenvalue weighted by Gasteiger charge is -2.13. The lowest BCUT2D eigenvalue weighted by atomic mass is 10.2. The second-order valence-corrected chi connectivity index (χ2v) is 5.57. The molecule has 0 bridgehead atoms. The Kier molecular flexibility index (Phi) is 5.20. The number of ether oxygens (including phenoxy) is 1. The van der Waals surface area contributed by atoms with Crippen molar-refractivity contribution in [1.82, 2.24) is 20.1 Å². The zero-order chi connectivity index (χ0) is 15.4. The van der Waals surface area contributed by atoms with Crippen molar-refractivity contribution >= 4 is 11.6 Å². The van der Waals surface area contributed by atoms with Gasteiger partial charge in [-0.15, -0.1) is 0 Å². The maximum Gasteiger partial charge on any atom is 0.218 e. The van der Waals surface area contributed by atoms with Gasteiger partial charge in [-0.25, -0.2) is 4.98 Å². The minimum Gasteiger partial charge on any atom is -0.475 e. The molecule has 114 valence electrons. The van der Waals surface area contributed by atoms with Crippen molar-refractivity contribution in [1.29, 1.82) is 0 Å². The molecular formula is C15H21ClN4O. The first-order chi connectivity index (χ1) is 9.99. The summed E-state index contributed by atoms with van der Waals surface area (Å²) < 4.78 is 7.39. The summed E-state index contributed by atoms with van der Waals surface area (Å²) in [5, 5.41) is 8.34. The molecule has 0 atom stereocenters. The summed E-state index contributed by atoms with van der Waals surface area (Å²) in [6.07, 6.45) is 1.84. The van der Waals surface area contributed by atoms with Gasteiger partial charge in [0.1, 0.15) is 5.15 Å². The van der Waals surface area contributed by atoms with E-state index in [-0.39, 0.29) is 6.10 Å². The van der Waals surface area contributed by atoms with Crippen LogP contribution in [0.2, 0.25) is 5.15 Å². The molecular weight excluding hydrogens is 288 g/mol. The van der Waals surface area contributed by atoms with E-state index in [1.807, 2.05) is 40.0 Å². The monoisotopic (exact) mass is 308 g/mol. The molecule has 6 heteroatoms. The van der Waals surface area contributed by atoms with E-state index >= 15 is 0 Å². The zero-order valence-corrected chi connectivity index (χ0v) is 13.6. The highest BCUT2D eigenvalue weighted by Crippen LogP contribution is 2.19. The zero-order valence-electron chi connectivity index (χ0n) is 12.9. The van der Waals surface area contributed by atoms with Crippen LogP contribution in [0.1, 0.15) is 30.7 Å². The number of hydrogen-bond donors (Lipinski definition) is 1. The molecule has 0 amide bonds. The van der Waals surface area contributed by atoms with Gasteiger partial charge in [0, 0.05) is 37.5 Å². The van der Waals surface area contributed by atoms with E-state index in [4.69, 9.17) is 16.3 Å². The van der Waals surface area contributed by atoms with Crippen LogP contribution < -0.4 is 10.1 Å². The lowest BCUT2D eigenvalue weighted by molar-refractivity contribution is 0.229. The number of aryl methyl sites for hydroxylation is 2. The Morgan fingerprint density at radius 2 is 2.14 bits per heavy atom. The van der Waals surface area contributed by atoms with Crippen LogP contribution in [0.4, 0.5) is 0 Å². The maximum absolute atomic E-state index is 6.22. The topological polar surface area (TPSA) is 52.0 Å². The lowest BCUT2D eigenvalue weighted by Crippen LogP contribution is -2.16. The van der Waals surface area contributed by atoms with Gasteiger partial charge in [-0.1, -0.05) is 17.7 Å². The predicted octanol–water partition coefficient (Wildman–Crippen LogP) is 2.85. The maximum atomic E-state index is 6.22. The molecule has 0 saturated carbocycles. The van der Waals surface area contributed by atoms with E-state index in [2.05, 4.69) is 15.4 Å². The second kappa shape index (κ2) is 6.91. The number of nitrogens with one attached hydrogen (secondary N) is 1. The molecule has 0 radical (unpaired) electrons. The van der Waals surface area contributed by atoms with Crippen molar-refractivity contribution in [3.63, 3.8) is 0 Å². The number of pyridine rings is 1. The minimum atomic E-state index is 0.105. The molecule has 0 aliphatic carbocycles. The van der Waals surface area contributed by atoms with Crippen LogP contribution in [0, 0.1) is 6.92 Å². The summed E-state index contributed by atoms with van der Waals surface area (Å²) in [4.78, 5) is 4.28. The Hall–Kier alpha value is -1.59. The third kappa shape index (κ3) is 3.95. The first kappa shape index (κ1) is 15.8. The van der Waals surface area contributed by atoms with E-state index in [9.17, 15) is 0 Å². The molecule has 5 nitrogen and oxygen atoms in total. The fourth-order valence-corrected chi connectivity index (χ4v) is 2.33. The van der Waals surface area contributed by atoms with Gasteiger partial charge in [-0.05, 0) is 26.8 Å². The molecule has 2 rings (SSSR count). The van der Waals surface area contributed by atoms with E-state index < -0.39 is 0 Å². The van der Waals surface area contributed by atoms with Crippen LogP contribution in [-0.2, 0) is 20.1 Å². The van der Waals surface area contributed by atoms with Gasteiger partial charge in [-0.2, -0.15) is 5.10 Å². The molecule has 0 spiro atoms. The summed E-state index contributed by atoms with van der Waals surface area (Å²) in [5.41, 5.74) is 3.00. The van der Waals surface area contributed by atoms with Crippen LogP contribution in [0.25, 0.3) is 0 Å². The Morgan fingerprint density at radius 1 is 1.38 bits per heavy atom. The standard InChI is InChI=1S/C15H21ClN4O/c1-10(2)21-15-12(6-5-7-18-15)8-17-9-13-11(3)19-20(4)14(13)16/h5-7,10,17H,8-9H2,1-4H3. The SMILES string of the molecule is Cc1nn(C)c(Cl)c1CNCc1cccnc1OC(C)C. The van der Waals surface area contributed by atoms with Gasteiger partial charge in [0.2, 0.25) is 5.88 Å². The smallest absolute Gasteiger partial charge is 0.218 e. The van der Waals surface area contributed by atoms with Gasteiger partial charge < -0.3 is 10.1 Å². The molecule has 1 N–H and O–H groups in total. The first-order valence-electron chi connectivity index (χ1n) is 6.98. The van der Waals surface area contributed by atoms with Crippen molar-refractivity contribution in [2.24, 2.45) is 7.05 Å². The minimum absolute atomic E-state index is 0.105. The molecule has 0 aliphatic heterocycles. The molecule has 2 aromatic rings. The molecule has 0 fully saturated rings. The van der Waals surface area contributed by atoms with E-state index in [0.717, 1.165) is 16.8 Å². The average Bonchev–Trinajstić information content (AvgIpc) is 2.66. The third-order valence-electron chi connectivity index (χ3n) is 3.08. The highest BCUT2D eigenvalue weighted by Gasteiger charge is 2.11. The van der Waals surface area contributed by atoms with Crippen LogP contribution in [-0.4, -0.2) is 20.9 Å². The fraction of sp³-hybridized carbons (Fsp3) is 0.467. The average molecular weight is 309 g/mol. The van der Waals surface area contributed by atoms with E-state index in [1.54, 1.807) is 10.9 Å². The number of rotatable bonds is 6. The number of hydrogen-bond acceptors (Lipinski definition) is 4. The van der Waals surface area contributed by atoms with E-state index in [0.29, 0.717) is 24.1 Å². The van der Waals surface area contributed by atoms with Gasteiger partial charge in [0.25, 0.3) is 0 Å². The Morgan fingerprint density at radius 3 is 2.76 bits per heavy atom. The molecule has 0 saturated heterocycles. The van der Waals surface area contributed by atoms with Gasteiger partial charge in [0.15, 0.2) is 0 Å². The normalized spacial score (nSPS) is 11.1. The molecule has 0 aliphatic rings. The molecule has 21 heavy (non-hydrogen) atoms. The third-order valence-corrected chi connectivity index (χ3v) is 3.56. The molecule has 2 aromatic heterocycles. The van der Waals surface area contributed by atoms with Crippen LogP contribution in [0.5, 0.6) is 5.88 Å². The second-order valence-electron chi connectivity index (χ2n) is 5.22. The molecule has 0 unspecified atom stereocenters. The summed E-state index contributed by atoms with van der Waals surface area (Å²) in [7, 11) is 1.84. The Balaban J connectivity index is 2.00. The van der Waals surface area contributed by atoms with Gasteiger partial charge >= 0.3 is 0 Å². The molecule has 0 aromatic carbocycles. The number of nitrogens with zero attached hydrogens (tertiary/aromatic N) is 3. The quantitative estimate of drug-likeness (QED) is 0.891. The highest BCUT2D eigenvalue weighted by molar-refractivity contribution is 6.30. The summed E-state index contributed by atoms with van der Waals surface area (Å²) in [6.45, 7) is 7.27. The van der Waals surface area contributed by atoms with Gasteiger partial charge in [-0.3, -0.25) is 4.68 Å². The van der Waals surface area contributed by atoms with Crippen molar-refractivity contribution < 1.29 is 4.74 Å². The summed E-state index contributed by atoms with van der Waals surface area (Å²) in [6, 6.07) is 3.92. The predicted molar refractivity (Wildman–Crippen MR) is 83.5 cm³/mol. The van der Waals surface area contributed by atoms with Crippen LogP contribution in [0.15, 0.2) is 18.3 Å². The largest absolute Gasteiger partial charge is 0.475 e. The summed E-state index contributed by atoms with van der Waals surface area (Å²) >= 11 is 6.22. The molecule has 2 heterocycles. The Labute approximate surface area is 130 Å². The first-order valence-corrected chi connectivity index (χ1v) is 7.36. The summed E-state index contributed by atoms with van der Waals surface area (Å²) in [5.74, 6) is 0.675. The van der Waals surface area contributed by atoms with Crippen molar-refractivity contribution in [3.8, 4) is 5.88 Å².